The lowest BCUT2D eigenvalue weighted by Gasteiger charge is -2.40. The zero-order valence-electron chi connectivity index (χ0n) is 12.5. The Kier molecular flexibility index (Phi) is 3.50. The molecular formula is C19H20ClNO. The fourth-order valence-corrected chi connectivity index (χ4v) is 4.04. The van der Waals surface area contributed by atoms with Crippen molar-refractivity contribution in [3.63, 3.8) is 0 Å². The normalized spacial score (nSPS) is 22.1. The van der Waals surface area contributed by atoms with Crippen LogP contribution in [0.2, 0.25) is 5.02 Å². The molecule has 0 aromatic heterocycles. The van der Waals surface area contributed by atoms with Gasteiger partial charge in [-0.05, 0) is 49.9 Å². The maximum atomic E-state index is 6.41. The van der Waals surface area contributed by atoms with Gasteiger partial charge in [0.2, 0.25) is 0 Å². The summed E-state index contributed by atoms with van der Waals surface area (Å²) < 4.78 is 6.41. The van der Waals surface area contributed by atoms with Crippen LogP contribution in [0.15, 0.2) is 48.5 Å². The minimum atomic E-state index is 0.0184. The van der Waals surface area contributed by atoms with Crippen LogP contribution in [0.1, 0.15) is 43.7 Å². The highest BCUT2D eigenvalue weighted by molar-refractivity contribution is 6.30. The summed E-state index contributed by atoms with van der Waals surface area (Å²) in [6.07, 6.45) is 5.89. The van der Waals surface area contributed by atoms with E-state index in [4.69, 9.17) is 16.3 Å². The molecule has 1 spiro atoms. The van der Waals surface area contributed by atoms with E-state index in [1.165, 1.54) is 18.4 Å². The predicted octanol–water partition coefficient (Wildman–Crippen LogP) is 5.59. The van der Waals surface area contributed by atoms with Crippen molar-refractivity contribution in [2.75, 3.05) is 5.32 Å². The second kappa shape index (κ2) is 5.51. The van der Waals surface area contributed by atoms with Crippen molar-refractivity contribution in [2.45, 2.75) is 43.7 Å². The van der Waals surface area contributed by atoms with Gasteiger partial charge in [-0.2, -0.15) is 0 Å². The van der Waals surface area contributed by atoms with E-state index in [-0.39, 0.29) is 11.6 Å². The quantitative estimate of drug-likeness (QED) is 0.780. The van der Waals surface area contributed by atoms with E-state index < -0.39 is 0 Å². The number of hydrogen-bond donors (Lipinski definition) is 1. The first kappa shape index (κ1) is 14.0. The first-order valence-corrected chi connectivity index (χ1v) is 8.42. The second-order valence-electron chi connectivity index (χ2n) is 6.44. The molecule has 0 amide bonds. The van der Waals surface area contributed by atoms with Crippen molar-refractivity contribution in [1.82, 2.24) is 0 Å². The van der Waals surface area contributed by atoms with Crippen LogP contribution < -0.4 is 10.1 Å². The summed E-state index contributed by atoms with van der Waals surface area (Å²) in [6, 6.07) is 16.6. The van der Waals surface area contributed by atoms with Gasteiger partial charge < -0.3 is 10.1 Å². The van der Waals surface area contributed by atoms with E-state index in [0.717, 1.165) is 35.7 Å². The van der Waals surface area contributed by atoms with E-state index in [1.54, 1.807) is 0 Å². The molecule has 1 heterocycles. The number of anilines is 1. The predicted molar refractivity (Wildman–Crippen MR) is 90.7 cm³/mol. The maximum absolute atomic E-state index is 6.41. The summed E-state index contributed by atoms with van der Waals surface area (Å²) in [5.41, 5.74) is 2.34. The van der Waals surface area contributed by atoms with Gasteiger partial charge in [-0.25, -0.2) is 0 Å². The average Bonchev–Trinajstić information content (AvgIpc) is 2.95. The van der Waals surface area contributed by atoms with Gasteiger partial charge in [0.25, 0.3) is 0 Å². The number of nitrogens with one attached hydrogen (secondary N) is 1. The van der Waals surface area contributed by atoms with Crippen LogP contribution in [0, 0.1) is 0 Å². The number of fused-ring (bicyclic) bond motifs is 1. The Morgan fingerprint density at radius 1 is 1.05 bits per heavy atom. The fraction of sp³-hybridized carbons (Fsp3) is 0.368. The minimum absolute atomic E-state index is 0.0184. The van der Waals surface area contributed by atoms with Gasteiger partial charge >= 0.3 is 0 Å². The molecule has 1 aliphatic carbocycles. The van der Waals surface area contributed by atoms with E-state index in [2.05, 4.69) is 35.6 Å². The largest absolute Gasteiger partial charge is 0.487 e. The number of benzene rings is 2. The molecule has 1 fully saturated rings. The molecule has 1 N–H and O–H groups in total. The van der Waals surface area contributed by atoms with E-state index >= 15 is 0 Å². The lowest BCUT2D eigenvalue weighted by molar-refractivity contribution is 0.0453. The molecule has 22 heavy (non-hydrogen) atoms. The Labute approximate surface area is 136 Å². The summed E-state index contributed by atoms with van der Waals surface area (Å²) in [5, 5.41) is 4.43. The van der Waals surface area contributed by atoms with Gasteiger partial charge in [-0.3, -0.25) is 0 Å². The zero-order chi connectivity index (χ0) is 15.0. The van der Waals surface area contributed by atoms with Gasteiger partial charge in [-0.1, -0.05) is 35.9 Å². The molecule has 0 saturated heterocycles. The smallest absolute Gasteiger partial charge is 0.125 e. The highest BCUT2D eigenvalue weighted by Gasteiger charge is 2.42. The van der Waals surface area contributed by atoms with E-state index in [1.807, 2.05) is 18.2 Å². The van der Waals surface area contributed by atoms with Crippen molar-refractivity contribution >= 4 is 17.3 Å². The SMILES string of the molecule is Clc1cccc(NC2CC3(CCCC3)Oc3ccccc32)c1. The van der Waals surface area contributed by atoms with Gasteiger partial charge in [0.15, 0.2) is 0 Å². The summed E-state index contributed by atoms with van der Waals surface area (Å²) >= 11 is 6.12. The topological polar surface area (TPSA) is 21.3 Å². The van der Waals surface area contributed by atoms with Crippen molar-refractivity contribution < 1.29 is 4.74 Å². The summed E-state index contributed by atoms with van der Waals surface area (Å²) in [7, 11) is 0. The summed E-state index contributed by atoms with van der Waals surface area (Å²) in [5.74, 6) is 1.04. The van der Waals surface area contributed by atoms with Gasteiger partial charge in [0.05, 0.1) is 6.04 Å². The highest BCUT2D eigenvalue weighted by Crippen LogP contribution is 2.48. The molecule has 1 aliphatic heterocycles. The first-order valence-electron chi connectivity index (χ1n) is 8.04. The van der Waals surface area contributed by atoms with Crippen molar-refractivity contribution in [3.8, 4) is 5.75 Å². The molecule has 2 aromatic carbocycles. The molecule has 3 heteroatoms. The molecule has 4 rings (SSSR count). The average molecular weight is 314 g/mol. The molecule has 2 aliphatic rings. The maximum Gasteiger partial charge on any atom is 0.125 e. The van der Waals surface area contributed by atoms with Crippen molar-refractivity contribution in [2.24, 2.45) is 0 Å². The number of rotatable bonds is 2. The Morgan fingerprint density at radius 2 is 1.86 bits per heavy atom. The number of halogens is 1. The molecule has 0 bridgehead atoms. The van der Waals surface area contributed by atoms with Crippen LogP contribution in [0.25, 0.3) is 0 Å². The lowest BCUT2D eigenvalue weighted by Crippen LogP contribution is -2.40. The standard InChI is InChI=1S/C19H20ClNO/c20-14-6-5-7-15(12-14)21-17-13-19(10-3-4-11-19)22-18-9-2-1-8-16(17)18/h1-2,5-9,12,17,21H,3-4,10-11,13H2. The lowest BCUT2D eigenvalue weighted by atomic mass is 9.86. The molecule has 2 nitrogen and oxygen atoms in total. The number of hydrogen-bond acceptors (Lipinski definition) is 2. The third kappa shape index (κ3) is 2.56. The van der Waals surface area contributed by atoms with Gasteiger partial charge in [-0.15, -0.1) is 0 Å². The molecule has 1 unspecified atom stereocenters. The van der Waals surface area contributed by atoms with E-state index in [9.17, 15) is 0 Å². The first-order chi connectivity index (χ1) is 10.7. The number of para-hydroxylation sites is 1. The van der Waals surface area contributed by atoms with Gasteiger partial charge in [0.1, 0.15) is 11.4 Å². The van der Waals surface area contributed by atoms with Crippen molar-refractivity contribution in [1.29, 1.82) is 0 Å². The summed E-state index contributed by atoms with van der Waals surface area (Å²) in [6.45, 7) is 0. The molecule has 1 atom stereocenters. The number of ether oxygens (including phenoxy) is 1. The zero-order valence-corrected chi connectivity index (χ0v) is 13.3. The molecule has 1 saturated carbocycles. The molecule has 0 radical (unpaired) electrons. The van der Waals surface area contributed by atoms with Crippen LogP contribution in [-0.4, -0.2) is 5.60 Å². The molecular weight excluding hydrogens is 294 g/mol. The third-order valence-corrected chi connectivity index (χ3v) is 5.11. The van der Waals surface area contributed by atoms with Crippen LogP contribution in [-0.2, 0) is 0 Å². The van der Waals surface area contributed by atoms with Gasteiger partial charge in [0, 0.05) is 22.7 Å². The fourth-order valence-electron chi connectivity index (χ4n) is 3.85. The highest BCUT2D eigenvalue weighted by atomic mass is 35.5. The van der Waals surface area contributed by atoms with Crippen LogP contribution in [0.5, 0.6) is 5.75 Å². The monoisotopic (exact) mass is 313 g/mol. The van der Waals surface area contributed by atoms with E-state index in [0.29, 0.717) is 0 Å². The Bertz CT molecular complexity index is 679. The van der Waals surface area contributed by atoms with Crippen LogP contribution in [0.3, 0.4) is 0 Å². The summed E-state index contributed by atoms with van der Waals surface area (Å²) in [4.78, 5) is 0. The minimum Gasteiger partial charge on any atom is -0.487 e. The Hall–Kier alpha value is -1.67. The molecule has 114 valence electrons. The molecule has 2 aromatic rings. The third-order valence-electron chi connectivity index (χ3n) is 4.88. The van der Waals surface area contributed by atoms with Crippen LogP contribution in [0.4, 0.5) is 5.69 Å². The van der Waals surface area contributed by atoms with Crippen LogP contribution >= 0.6 is 11.6 Å². The Morgan fingerprint density at radius 3 is 2.68 bits per heavy atom. The second-order valence-corrected chi connectivity index (χ2v) is 6.88. The Balaban J connectivity index is 1.67. The van der Waals surface area contributed by atoms with Crippen molar-refractivity contribution in [3.05, 3.63) is 59.1 Å².